The molecule has 1 fully saturated rings. The topological polar surface area (TPSA) is 122 Å². The highest BCUT2D eigenvalue weighted by Crippen LogP contribution is 2.27. The Hall–Kier alpha value is -2.73. The lowest BCUT2D eigenvalue weighted by Gasteiger charge is -2.31. The predicted octanol–water partition coefficient (Wildman–Crippen LogP) is 0.686. The van der Waals surface area contributed by atoms with Gasteiger partial charge >= 0.3 is 0 Å². The number of nitrogens with one attached hydrogen (secondary N) is 1. The van der Waals surface area contributed by atoms with Gasteiger partial charge in [-0.3, -0.25) is 19.0 Å². The fourth-order valence-electron chi connectivity index (χ4n) is 3.63. The number of anilines is 1. The first-order chi connectivity index (χ1) is 14.6. The van der Waals surface area contributed by atoms with E-state index in [0.29, 0.717) is 43.0 Å². The second-order valence-electron chi connectivity index (χ2n) is 7.83. The molecule has 0 radical (unpaired) electrons. The summed E-state index contributed by atoms with van der Waals surface area (Å²) in [6, 6.07) is 0. The lowest BCUT2D eigenvalue weighted by molar-refractivity contribution is -0.120. The zero-order chi connectivity index (χ0) is 22.9. The first-order valence-corrected chi connectivity index (χ1v) is 11.6. The fraction of sp³-hybridized carbons (Fsp3) is 0.579. The maximum atomic E-state index is 13.1. The number of amides is 2. The Bertz CT molecular complexity index is 1090. The van der Waals surface area contributed by atoms with Gasteiger partial charge < -0.3 is 10.2 Å². The van der Waals surface area contributed by atoms with Gasteiger partial charge in [-0.25, -0.2) is 8.42 Å². The molecule has 0 saturated carbocycles. The normalized spacial score (nSPS) is 17.5. The summed E-state index contributed by atoms with van der Waals surface area (Å²) in [6.07, 6.45) is 3.91. The summed E-state index contributed by atoms with van der Waals surface area (Å²) < 4.78 is 30.5. The van der Waals surface area contributed by atoms with Crippen molar-refractivity contribution >= 4 is 27.5 Å². The number of sulfonamides is 1. The SMILES string of the molecule is CCn1ncc(NC(=O)[C@H]2CCCN(S(=O)(=O)c3cnn(C)c3C)C2)c1C(=O)N(C)C. The number of aryl methyl sites for hydroxylation is 2. The Morgan fingerprint density at radius 1 is 1.26 bits per heavy atom. The van der Waals surface area contributed by atoms with Crippen LogP contribution in [0.15, 0.2) is 17.3 Å². The first-order valence-electron chi connectivity index (χ1n) is 10.1. The smallest absolute Gasteiger partial charge is 0.273 e. The highest BCUT2D eigenvalue weighted by Gasteiger charge is 2.35. The van der Waals surface area contributed by atoms with Crippen LogP contribution in [-0.4, -0.2) is 76.2 Å². The maximum Gasteiger partial charge on any atom is 0.273 e. The Morgan fingerprint density at radius 3 is 2.55 bits per heavy atom. The van der Waals surface area contributed by atoms with Gasteiger partial charge in [0.05, 0.1) is 29.7 Å². The summed E-state index contributed by atoms with van der Waals surface area (Å²) in [5.41, 5.74) is 1.17. The molecule has 0 spiro atoms. The van der Waals surface area contributed by atoms with E-state index in [1.807, 2.05) is 6.92 Å². The molecule has 1 aliphatic heterocycles. The number of rotatable bonds is 6. The number of carbonyl (C=O) groups excluding carboxylic acids is 2. The zero-order valence-corrected chi connectivity index (χ0v) is 19.3. The molecular weight excluding hydrogens is 422 g/mol. The quantitative estimate of drug-likeness (QED) is 0.689. The Morgan fingerprint density at radius 2 is 1.97 bits per heavy atom. The van der Waals surface area contributed by atoms with E-state index in [2.05, 4.69) is 15.5 Å². The molecule has 0 bridgehead atoms. The minimum atomic E-state index is -3.75. The van der Waals surface area contributed by atoms with Crippen molar-refractivity contribution in [1.29, 1.82) is 0 Å². The van der Waals surface area contributed by atoms with Crippen LogP contribution >= 0.6 is 0 Å². The van der Waals surface area contributed by atoms with Crippen molar-refractivity contribution < 1.29 is 18.0 Å². The van der Waals surface area contributed by atoms with Crippen molar-refractivity contribution in [2.45, 2.75) is 38.1 Å². The van der Waals surface area contributed by atoms with E-state index in [4.69, 9.17) is 0 Å². The predicted molar refractivity (Wildman–Crippen MR) is 114 cm³/mol. The molecule has 3 rings (SSSR count). The summed E-state index contributed by atoms with van der Waals surface area (Å²) in [5, 5.41) is 11.0. The van der Waals surface area contributed by atoms with Gasteiger partial charge in [-0.2, -0.15) is 14.5 Å². The van der Waals surface area contributed by atoms with Gasteiger partial charge in [0.2, 0.25) is 15.9 Å². The van der Waals surface area contributed by atoms with Gasteiger partial charge in [0, 0.05) is 40.8 Å². The Balaban J connectivity index is 1.79. The molecule has 1 atom stereocenters. The van der Waals surface area contributed by atoms with Crippen LogP contribution in [0, 0.1) is 12.8 Å². The molecule has 31 heavy (non-hydrogen) atoms. The van der Waals surface area contributed by atoms with E-state index in [9.17, 15) is 18.0 Å². The highest BCUT2D eigenvalue weighted by atomic mass is 32.2. The number of hydrogen-bond donors (Lipinski definition) is 1. The second kappa shape index (κ2) is 8.79. The molecule has 0 aromatic carbocycles. The average molecular weight is 452 g/mol. The molecule has 1 saturated heterocycles. The van der Waals surface area contributed by atoms with Crippen molar-refractivity contribution in [2.24, 2.45) is 13.0 Å². The van der Waals surface area contributed by atoms with Crippen LogP contribution in [0.2, 0.25) is 0 Å². The molecule has 2 aromatic rings. The highest BCUT2D eigenvalue weighted by molar-refractivity contribution is 7.89. The van der Waals surface area contributed by atoms with Crippen molar-refractivity contribution in [3.05, 3.63) is 23.8 Å². The molecule has 0 unspecified atom stereocenters. The van der Waals surface area contributed by atoms with Crippen molar-refractivity contribution in [3.8, 4) is 0 Å². The first kappa shape index (κ1) is 22.9. The molecule has 1 aliphatic rings. The van der Waals surface area contributed by atoms with Crippen LogP contribution < -0.4 is 5.32 Å². The summed E-state index contributed by atoms with van der Waals surface area (Å²) >= 11 is 0. The minimum absolute atomic E-state index is 0.0708. The third-order valence-corrected chi connectivity index (χ3v) is 7.54. The van der Waals surface area contributed by atoms with Gasteiger partial charge in [0.1, 0.15) is 10.6 Å². The van der Waals surface area contributed by atoms with Gasteiger partial charge in [-0.15, -0.1) is 0 Å². The second-order valence-corrected chi connectivity index (χ2v) is 9.74. The Labute approximate surface area is 182 Å². The largest absolute Gasteiger partial charge is 0.343 e. The van der Waals surface area contributed by atoms with E-state index in [1.54, 1.807) is 28.1 Å². The van der Waals surface area contributed by atoms with E-state index in [1.165, 1.54) is 31.0 Å². The van der Waals surface area contributed by atoms with Gasteiger partial charge in [-0.05, 0) is 26.7 Å². The van der Waals surface area contributed by atoms with E-state index >= 15 is 0 Å². The average Bonchev–Trinajstić information content (AvgIpc) is 3.30. The van der Waals surface area contributed by atoms with E-state index in [-0.39, 0.29) is 23.3 Å². The number of piperidine rings is 1. The third kappa shape index (κ3) is 4.35. The molecule has 1 N–H and O–H groups in total. The monoisotopic (exact) mass is 451 g/mol. The van der Waals surface area contributed by atoms with Gasteiger partial charge in [-0.1, -0.05) is 0 Å². The van der Waals surface area contributed by atoms with Crippen LogP contribution in [0.4, 0.5) is 5.69 Å². The molecule has 2 aromatic heterocycles. The summed E-state index contributed by atoms with van der Waals surface area (Å²) in [4.78, 5) is 27.1. The van der Waals surface area contributed by atoms with Crippen LogP contribution in [-0.2, 0) is 28.4 Å². The van der Waals surface area contributed by atoms with E-state index in [0.717, 1.165) is 0 Å². The molecule has 0 aliphatic carbocycles. The zero-order valence-electron chi connectivity index (χ0n) is 18.5. The number of aromatic nitrogens is 4. The lowest BCUT2D eigenvalue weighted by atomic mass is 9.98. The van der Waals surface area contributed by atoms with Gasteiger partial charge in [0.15, 0.2) is 0 Å². The third-order valence-electron chi connectivity index (χ3n) is 5.57. The summed E-state index contributed by atoms with van der Waals surface area (Å²) in [6.45, 7) is 4.45. The molecule has 12 heteroatoms. The minimum Gasteiger partial charge on any atom is -0.343 e. The van der Waals surface area contributed by atoms with Crippen molar-refractivity contribution in [1.82, 2.24) is 28.8 Å². The molecule has 170 valence electrons. The van der Waals surface area contributed by atoms with Crippen molar-refractivity contribution in [2.75, 3.05) is 32.5 Å². The molecule has 2 amide bonds. The lowest BCUT2D eigenvalue weighted by Crippen LogP contribution is -2.43. The number of carbonyl (C=O) groups is 2. The Kier molecular flexibility index (Phi) is 6.51. The summed E-state index contributed by atoms with van der Waals surface area (Å²) in [5.74, 6) is -1.13. The van der Waals surface area contributed by atoms with Crippen molar-refractivity contribution in [3.63, 3.8) is 0 Å². The van der Waals surface area contributed by atoms with Crippen LogP contribution in [0.25, 0.3) is 0 Å². The number of nitrogens with zero attached hydrogens (tertiary/aromatic N) is 6. The standard InChI is InChI=1S/C19H29N7O4S/c1-6-26-17(19(28)23(3)4)15(10-21-26)22-18(27)14-8-7-9-25(12-14)31(29,30)16-11-20-24(5)13(16)2/h10-11,14H,6-9,12H2,1-5H3,(H,22,27)/t14-/m0/s1. The molecule has 3 heterocycles. The fourth-order valence-corrected chi connectivity index (χ4v) is 5.34. The van der Waals surface area contributed by atoms with Crippen LogP contribution in [0.3, 0.4) is 0 Å². The molecule has 11 nitrogen and oxygen atoms in total. The van der Waals surface area contributed by atoms with E-state index < -0.39 is 15.9 Å². The van der Waals surface area contributed by atoms with Crippen LogP contribution in [0.1, 0.15) is 35.9 Å². The maximum absolute atomic E-state index is 13.1. The van der Waals surface area contributed by atoms with Crippen LogP contribution in [0.5, 0.6) is 0 Å². The summed E-state index contributed by atoms with van der Waals surface area (Å²) in [7, 11) is 1.19. The molecular formula is C19H29N7O4S. The number of hydrogen-bond acceptors (Lipinski definition) is 6. The van der Waals surface area contributed by atoms with Gasteiger partial charge in [0.25, 0.3) is 5.91 Å².